The van der Waals surface area contributed by atoms with Crippen LogP contribution in [0.2, 0.25) is 0 Å². The van der Waals surface area contributed by atoms with Gasteiger partial charge in [-0.2, -0.15) is 17.6 Å². The highest BCUT2D eigenvalue weighted by Crippen LogP contribution is 2.35. The molecule has 1 atom stereocenters. The molecule has 0 amide bonds. The minimum atomic E-state index is -5.58. The van der Waals surface area contributed by atoms with Gasteiger partial charge >= 0.3 is 18.0 Å². The van der Waals surface area contributed by atoms with Crippen LogP contribution >= 0.6 is 0 Å². The van der Waals surface area contributed by atoms with Crippen LogP contribution in [0.5, 0.6) is 0 Å². The van der Waals surface area contributed by atoms with Gasteiger partial charge in [-0.3, -0.25) is 0 Å². The summed E-state index contributed by atoms with van der Waals surface area (Å²) in [4.78, 5) is 10.1. The largest absolute Gasteiger partial charge is 0.477 e. The molecule has 7 heteroatoms. The number of rotatable bonds is 4. The molecule has 0 aromatic carbocycles. The van der Waals surface area contributed by atoms with Crippen LogP contribution in [-0.4, -0.2) is 29.7 Å². The van der Waals surface area contributed by atoms with Gasteiger partial charge in [0.05, 0.1) is 6.61 Å². The van der Waals surface area contributed by atoms with Crippen molar-refractivity contribution in [1.29, 1.82) is 0 Å². The van der Waals surface area contributed by atoms with Crippen LogP contribution in [0.25, 0.3) is 0 Å². The summed E-state index contributed by atoms with van der Waals surface area (Å²) in [6, 6.07) is 0. The monoisotopic (exact) mass is 218 g/mol. The highest BCUT2D eigenvalue weighted by molar-refractivity contribution is 5.76. The Labute approximate surface area is 77.7 Å². The van der Waals surface area contributed by atoms with Crippen LogP contribution in [-0.2, 0) is 9.53 Å². The molecule has 0 aromatic rings. The summed E-state index contributed by atoms with van der Waals surface area (Å²) in [6.07, 6.45) is -5.58. The number of hydrogen-bond acceptors (Lipinski definition) is 2. The van der Waals surface area contributed by atoms with E-state index < -0.39 is 30.5 Å². The van der Waals surface area contributed by atoms with Crippen molar-refractivity contribution in [2.45, 2.75) is 25.9 Å². The lowest BCUT2D eigenvalue weighted by molar-refractivity contribution is -0.324. The first kappa shape index (κ1) is 13.2. The second-order valence-electron chi connectivity index (χ2n) is 3.10. The first-order valence-electron chi connectivity index (χ1n) is 3.74. The van der Waals surface area contributed by atoms with Gasteiger partial charge in [0.15, 0.2) is 0 Å². The van der Waals surface area contributed by atoms with Gasteiger partial charge in [-0.15, -0.1) is 0 Å². The number of ether oxygens (including phenoxy) is 1. The second kappa shape index (κ2) is 4.12. The maximum atomic E-state index is 12.8. The molecule has 0 aromatic heterocycles. The fraction of sp³-hybridized carbons (Fsp3) is 0.857. The van der Waals surface area contributed by atoms with E-state index in [4.69, 9.17) is 5.11 Å². The lowest BCUT2D eigenvalue weighted by Crippen LogP contribution is -2.51. The van der Waals surface area contributed by atoms with Crippen LogP contribution in [0.3, 0.4) is 0 Å². The summed E-state index contributed by atoms with van der Waals surface area (Å²) in [5, 5.41) is 8.06. The van der Waals surface area contributed by atoms with Crippen LogP contribution in [0.4, 0.5) is 17.6 Å². The van der Waals surface area contributed by atoms with E-state index in [1.54, 1.807) is 0 Å². The quantitative estimate of drug-likeness (QED) is 0.734. The van der Waals surface area contributed by atoms with Gasteiger partial charge in [0.2, 0.25) is 0 Å². The molecule has 0 saturated carbocycles. The van der Waals surface area contributed by atoms with Gasteiger partial charge < -0.3 is 9.84 Å². The van der Waals surface area contributed by atoms with Crippen LogP contribution in [0, 0.1) is 5.92 Å². The van der Waals surface area contributed by atoms with Crippen LogP contribution in [0.15, 0.2) is 0 Å². The van der Waals surface area contributed by atoms with E-state index in [0.29, 0.717) is 0 Å². The van der Waals surface area contributed by atoms with Gasteiger partial charge in [-0.1, -0.05) is 13.8 Å². The van der Waals surface area contributed by atoms with E-state index in [2.05, 4.69) is 4.74 Å². The second-order valence-corrected chi connectivity index (χ2v) is 3.10. The molecule has 0 bridgehead atoms. The third-order valence-corrected chi connectivity index (χ3v) is 1.26. The summed E-state index contributed by atoms with van der Waals surface area (Å²) in [6.45, 7) is 2.32. The smallest absolute Gasteiger partial charge is 0.460 e. The third kappa shape index (κ3) is 2.83. The zero-order valence-electron chi connectivity index (χ0n) is 7.56. The van der Waals surface area contributed by atoms with E-state index in [1.807, 2.05) is 0 Å². The molecule has 0 aliphatic rings. The SMILES string of the molecule is CC(C)COC(F)(C(=O)O)C(F)(F)F. The van der Waals surface area contributed by atoms with E-state index >= 15 is 0 Å². The zero-order valence-corrected chi connectivity index (χ0v) is 7.56. The average Bonchev–Trinajstić information content (AvgIpc) is 1.97. The fourth-order valence-electron chi connectivity index (χ4n) is 0.546. The molecule has 0 saturated heterocycles. The normalized spacial score (nSPS) is 16.8. The van der Waals surface area contributed by atoms with Crippen LogP contribution in [0.1, 0.15) is 13.8 Å². The van der Waals surface area contributed by atoms with E-state index in [9.17, 15) is 22.4 Å². The van der Waals surface area contributed by atoms with Gasteiger partial charge in [0.1, 0.15) is 0 Å². The highest BCUT2D eigenvalue weighted by Gasteiger charge is 2.64. The summed E-state index contributed by atoms with van der Waals surface area (Å²) in [5.74, 6) is -7.70. The molecule has 3 nitrogen and oxygen atoms in total. The Bertz CT molecular complexity index is 213. The van der Waals surface area contributed by atoms with Crippen molar-refractivity contribution in [3.8, 4) is 0 Å². The molecule has 1 N–H and O–H groups in total. The maximum absolute atomic E-state index is 12.8. The van der Waals surface area contributed by atoms with Crippen molar-refractivity contribution in [1.82, 2.24) is 0 Å². The van der Waals surface area contributed by atoms with Gasteiger partial charge in [0.25, 0.3) is 0 Å². The maximum Gasteiger partial charge on any atom is 0.460 e. The Morgan fingerprint density at radius 3 is 2.00 bits per heavy atom. The predicted octanol–water partition coefficient (Wildman–Crippen LogP) is 1.97. The molecule has 14 heavy (non-hydrogen) atoms. The molecular weight excluding hydrogens is 208 g/mol. The molecule has 0 spiro atoms. The molecule has 0 heterocycles. The minimum absolute atomic E-state index is 0.396. The van der Waals surface area contributed by atoms with Gasteiger partial charge in [-0.25, -0.2) is 4.79 Å². The molecule has 0 aliphatic carbocycles. The molecule has 0 rings (SSSR count). The third-order valence-electron chi connectivity index (χ3n) is 1.26. The minimum Gasteiger partial charge on any atom is -0.477 e. The number of aliphatic carboxylic acids is 1. The highest BCUT2D eigenvalue weighted by atomic mass is 19.4. The van der Waals surface area contributed by atoms with Crippen molar-refractivity contribution in [2.75, 3.05) is 6.61 Å². The van der Waals surface area contributed by atoms with Gasteiger partial charge in [-0.05, 0) is 5.92 Å². The zero-order chi connectivity index (χ0) is 11.6. The first-order chi connectivity index (χ1) is 6.11. The summed E-state index contributed by atoms with van der Waals surface area (Å²) in [7, 11) is 0. The van der Waals surface area contributed by atoms with E-state index in [1.165, 1.54) is 13.8 Å². The Hall–Kier alpha value is -0.850. The van der Waals surface area contributed by atoms with Crippen molar-refractivity contribution < 1.29 is 32.2 Å². The van der Waals surface area contributed by atoms with E-state index in [0.717, 1.165) is 0 Å². The first-order valence-corrected chi connectivity index (χ1v) is 3.74. The molecule has 0 aliphatic heterocycles. The molecule has 84 valence electrons. The Kier molecular flexibility index (Phi) is 3.87. The number of carboxylic acids is 1. The topological polar surface area (TPSA) is 46.5 Å². The molecule has 0 fully saturated rings. The van der Waals surface area contributed by atoms with Crippen molar-refractivity contribution in [3.63, 3.8) is 0 Å². The predicted molar refractivity (Wildman–Crippen MR) is 38.3 cm³/mol. The summed E-state index contributed by atoms with van der Waals surface area (Å²) >= 11 is 0. The lowest BCUT2D eigenvalue weighted by Gasteiger charge is -2.24. The molecule has 1 unspecified atom stereocenters. The Morgan fingerprint density at radius 2 is 1.79 bits per heavy atom. The summed E-state index contributed by atoms with van der Waals surface area (Å²) in [5.41, 5.74) is 0. The van der Waals surface area contributed by atoms with Crippen molar-refractivity contribution in [3.05, 3.63) is 0 Å². The van der Waals surface area contributed by atoms with Gasteiger partial charge in [0, 0.05) is 0 Å². The lowest BCUT2D eigenvalue weighted by atomic mass is 10.2. The van der Waals surface area contributed by atoms with E-state index in [-0.39, 0.29) is 0 Å². The number of halogens is 4. The van der Waals surface area contributed by atoms with Crippen LogP contribution < -0.4 is 0 Å². The number of carboxylic acid groups (broad SMARTS) is 1. The Morgan fingerprint density at radius 1 is 1.36 bits per heavy atom. The fourth-order valence-corrected chi connectivity index (χ4v) is 0.546. The standard InChI is InChI=1S/C7H10F4O3/c1-4(2)3-14-6(8,5(12)13)7(9,10)11/h4H,3H2,1-2H3,(H,12,13). The summed E-state index contributed by atoms with van der Waals surface area (Å²) < 4.78 is 52.3. The molecular formula is C7H10F4O3. The number of hydrogen-bond donors (Lipinski definition) is 1. The average molecular weight is 218 g/mol. The Balaban J connectivity index is 4.67. The van der Waals surface area contributed by atoms with Crippen molar-refractivity contribution in [2.24, 2.45) is 5.92 Å². The van der Waals surface area contributed by atoms with Crippen molar-refractivity contribution >= 4 is 5.97 Å². The number of carbonyl (C=O) groups is 1. The number of alkyl halides is 4. The molecule has 0 radical (unpaired) electrons.